The minimum absolute atomic E-state index is 0.167. The smallest absolute Gasteiger partial charge is 0.203 e. The van der Waals surface area contributed by atoms with Gasteiger partial charge in [-0.25, -0.2) is 0 Å². The highest BCUT2D eigenvalue weighted by atomic mass is 16.5. The molecule has 0 bridgehead atoms. The van der Waals surface area contributed by atoms with Crippen molar-refractivity contribution in [1.82, 2.24) is 0 Å². The fourth-order valence-electron chi connectivity index (χ4n) is 2.87. The van der Waals surface area contributed by atoms with Crippen molar-refractivity contribution in [2.24, 2.45) is 0 Å². The van der Waals surface area contributed by atoms with Crippen LogP contribution < -0.4 is 18.9 Å². The van der Waals surface area contributed by atoms with Crippen molar-refractivity contribution in [3.05, 3.63) is 30.3 Å². The standard InChI is InChI=1S/C18H18O5/c1-20-11-5-6-12-13(9-11)14(19)7-10-8-15(21-2)17(22-3)18(23-4)16(10)12/h5-9,19H,1-4H3. The van der Waals surface area contributed by atoms with Gasteiger partial charge in [0.05, 0.1) is 28.4 Å². The summed E-state index contributed by atoms with van der Waals surface area (Å²) in [5, 5.41) is 13.6. The topological polar surface area (TPSA) is 57.2 Å². The molecule has 0 aromatic heterocycles. The minimum atomic E-state index is 0.167. The second-order valence-electron chi connectivity index (χ2n) is 5.05. The summed E-state index contributed by atoms with van der Waals surface area (Å²) in [5.74, 6) is 2.47. The zero-order chi connectivity index (χ0) is 16.6. The van der Waals surface area contributed by atoms with E-state index in [1.807, 2.05) is 18.2 Å². The highest BCUT2D eigenvalue weighted by Gasteiger charge is 2.19. The molecule has 0 fully saturated rings. The Bertz CT molecular complexity index is 886. The molecule has 0 aliphatic rings. The largest absolute Gasteiger partial charge is 0.507 e. The van der Waals surface area contributed by atoms with Crippen molar-refractivity contribution in [2.45, 2.75) is 0 Å². The Balaban J connectivity index is 2.52. The van der Waals surface area contributed by atoms with Crippen LogP contribution in [0.2, 0.25) is 0 Å². The molecule has 3 rings (SSSR count). The number of fused-ring (bicyclic) bond motifs is 3. The van der Waals surface area contributed by atoms with E-state index in [1.54, 1.807) is 40.6 Å². The van der Waals surface area contributed by atoms with Gasteiger partial charge >= 0.3 is 0 Å². The quantitative estimate of drug-likeness (QED) is 0.744. The molecule has 0 aliphatic heterocycles. The van der Waals surface area contributed by atoms with Gasteiger partial charge in [-0.2, -0.15) is 0 Å². The van der Waals surface area contributed by atoms with Crippen molar-refractivity contribution in [2.75, 3.05) is 28.4 Å². The summed E-state index contributed by atoms with van der Waals surface area (Å²) in [7, 11) is 6.30. The summed E-state index contributed by atoms with van der Waals surface area (Å²) < 4.78 is 21.6. The maximum absolute atomic E-state index is 10.4. The summed E-state index contributed by atoms with van der Waals surface area (Å²) in [5.41, 5.74) is 0. The summed E-state index contributed by atoms with van der Waals surface area (Å²) in [4.78, 5) is 0. The van der Waals surface area contributed by atoms with Crippen LogP contribution in [0.1, 0.15) is 0 Å². The molecule has 3 aromatic carbocycles. The maximum atomic E-state index is 10.4. The van der Waals surface area contributed by atoms with Gasteiger partial charge in [0.15, 0.2) is 11.5 Å². The first-order valence-corrected chi connectivity index (χ1v) is 7.07. The molecule has 1 N–H and O–H groups in total. The Kier molecular flexibility index (Phi) is 3.78. The number of benzene rings is 3. The Hall–Kier alpha value is -2.82. The molecule has 0 amide bonds. The zero-order valence-electron chi connectivity index (χ0n) is 13.5. The van der Waals surface area contributed by atoms with Crippen molar-refractivity contribution < 1.29 is 24.1 Å². The first-order valence-electron chi connectivity index (χ1n) is 7.07. The summed E-state index contributed by atoms with van der Waals surface area (Å²) in [6.45, 7) is 0. The summed E-state index contributed by atoms with van der Waals surface area (Å²) >= 11 is 0. The summed E-state index contributed by atoms with van der Waals surface area (Å²) in [6, 6.07) is 9.03. The van der Waals surface area contributed by atoms with Crippen LogP contribution in [0, 0.1) is 0 Å². The highest BCUT2D eigenvalue weighted by molar-refractivity contribution is 6.14. The van der Waals surface area contributed by atoms with E-state index < -0.39 is 0 Å². The number of hydrogen-bond donors (Lipinski definition) is 1. The van der Waals surface area contributed by atoms with E-state index in [4.69, 9.17) is 18.9 Å². The third kappa shape index (κ3) is 2.25. The number of ether oxygens (including phenoxy) is 4. The number of methoxy groups -OCH3 is 4. The lowest BCUT2D eigenvalue weighted by Crippen LogP contribution is -1.96. The molecular weight excluding hydrogens is 296 g/mol. The van der Waals surface area contributed by atoms with E-state index in [1.165, 1.54) is 0 Å². The van der Waals surface area contributed by atoms with Gasteiger partial charge in [-0.3, -0.25) is 0 Å². The monoisotopic (exact) mass is 314 g/mol. The van der Waals surface area contributed by atoms with E-state index in [-0.39, 0.29) is 5.75 Å². The van der Waals surface area contributed by atoms with Crippen LogP contribution >= 0.6 is 0 Å². The van der Waals surface area contributed by atoms with Crippen LogP contribution in [0.4, 0.5) is 0 Å². The molecule has 5 nitrogen and oxygen atoms in total. The number of aromatic hydroxyl groups is 1. The first-order chi connectivity index (χ1) is 11.1. The van der Waals surface area contributed by atoms with Gasteiger partial charge in [0, 0.05) is 10.8 Å². The molecule has 3 aromatic rings. The Labute approximate surface area is 134 Å². The Morgan fingerprint density at radius 2 is 1.48 bits per heavy atom. The molecule has 0 unspecified atom stereocenters. The molecular formula is C18H18O5. The first kappa shape index (κ1) is 15.1. The normalized spacial score (nSPS) is 10.8. The van der Waals surface area contributed by atoms with Crippen LogP contribution in [0.15, 0.2) is 30.3 Å². The minimum Gasteiger partial charge on any atom is -0.507 e. The van der Waals surface area contributed by atoms with Gasteiger partial charge in [0.1, 0.15) is 11.5 Å². The van der Waals surface area contributed by atoms with Crippen LogP contribution in [-0.2, 0) is 0 Å². The molecule has 5 heteroatoms. The van der Waals surface area contributed by atoms with Gasteiger partial charge in [-0.1, -0.05) is 0 Å². The van der Waals surface area contributed by atoms with E-state index in [2.05, 4.69) is 0 Å². The number of rotatable bonds is 4. The van der Waals surface area contributed by atoms with Gasteiger partial charge in [-0.15, -0.1) is 0 Å². The van der Waals surface area contributed by atoms with E-state index >= 15 is 0 Å². The average Bonchev–Trinajstić information content (AvgIpc) is 2.59. The van der Waals surface area contributed by atoms with E-state index in [0.29, 0.717) is 28.4 Å². The van der Waals surface area contributed by atoms with Gasteiger partial charge in [0.25, 0.3) is 0 Å². The molecule has 0 radical (unpaired) electrons. The number of hydrogen-bond acceptors (Lipinski definition) is 5. The van der Waals surface area contributed by atoms with Crippen molar-refractivity contribution >= 4 is 21.5 Å². The SMILES string of the molecule is COc1ccc2c(c1)c(O)cc1cc(OC)c(OC)c(OC)c12. The lowest BCUT2D eigenvalue weighted by atomic mass is 9.99. The fourth-order valence-corrected chi connectivity index (χ4v) is 2.87. The fraction of sp³-hybridized carbons (Fsp3) is 0.222. The number of phenols is 1. The third-order valence-electron chi connectivity index (χ3n) is 3.92. The molecule has 23 heavy (non-hydrogen) atoms. The van der Waals surface area contributed by atoms with Crippen molar-refractivity contribution in [1.29, 1.82) is 0 Å². The Morgan fingerprint density at radius 3 is 2.09 bits per heavy atom. The zero-order valence-corrected chi connectivity index (χ0v) is 13.5. The van der Waals surface area contributed by atoms with Gasteiger partial charge in [0.2, 0.25) is 5.75 Å². The van der Waals surface area contributed by atoms with Crippen LogP contribution in [0.5, 0.6) is 28.7 Å². The third-order valence-corrected chi connectivity index (χ3v) is 3.92. The van der Waals surface area contributed by atoms with Crippen molar-refractivity contribution in [3.63, 3.8) is 0 Å². The highest BCUT2D eigenvalue weighted by Crippen LogP contribution is 2.47. The second-order valence-corrected chi connectivity index (χ2v) is 5.05. The summed E-state index contributed by atoms with van der Waals surface area (Å²) in [6.07, 6.45) is 0. The van der Waals surface area contributed by atoms with Crippen molar-refractivity contribution in [3.8, 4) is 28.7 Å². The van der Waals surface area contributed by atoms with E-state index in [0.717, 1.165) is 16.2 Å². The molecule has 0 saturated heterocycles. The predicted molar refractivity (Wildman–Crippen MR) is 89.3 cm³/mol. The van der Waals surface area contributed by atoms with Gasteiger partial charge < -0.3 is 24.1 Å². The molecule has 0 spiro atoms. The molecule has 0 heterocycles. The second kappa shape index (κ2) is 5.76. The molecule has 0 atom stereocenters. The lowest BCUT2D eigenvalue weighted by Gasteiger charge is -2.17. The maximum Gasteiger partial charge on any atom is 0.203 e. The molecule has 0 saturated carbocycles. The molecule has 0 aliphatic carbocycles. The number of phenolic OH excluding ortho intramolecular Hbond substituents is 1. The molecule has 120 valence electrons. The predicted octanol–water partition coefficient (Wildman–Crippen LogP) is 3.73. The van der Waals surface area contributed by atoms with E-state index in [9.17, 15) is 5.11 Å². The Morgan fingerprint density at radius 1 is 0.739 bits per heavy atom. The van der Waals surface area contributed by atoms with Crippen LogP contribution in [0.25, 0.3) is 21.5 Å². The lowest BCUT2D eigenvalue weighted by molar-refractivity contribution is 0.327. The van der Waals surface area contributed by atoms with Gasteiger partial charge in [-0.05, 0) is 41.1 Å². The van der Waals surface area contributed by atoms with Crippen LogP contribution in [0.3, 0.4) is 0 Å². The average molecular weight is 314 g/mol. The van der Waals surface area contributed by atoms with Crippen LogP contribution in [-0.4, -0.2) is 33.5 Å².